The van der Waals surface area contributed by atoms with Gasteiger partial charge in [-0.3, -0.25) is 0 Å². The van der Waals surface area contributed by atoms with Crippen LogP contribution < -0.4 is 10.6 Å². The Morgan fingerprint density at radius 2 is 2.00 bits per heavy atom. The van der Waals surface area contributed by atoms with Crippen LogP contribution >= 0.6 is 0 Å². The predicted octanol–water partition coefficient (Wildman–Crippen LogP) is 3.41. The van der Waals surface area contributed by atoms with Crippen LogP contribution in [-0.2, 0) is 12.8 Å². The van der Waals surface area contributed by atoms with E-state index in [9.17, 15) is 4.39 Å². The molecule has 0 radical (unpaired) electrons. The summed E-state index contributed by atoms with van der Waals surface area (Å²) < 4.78 is 14.4. The lowest BCUT2D eigenvalue weighted by molar-refractivity contribution is 0.615. The second-order valence-electron chi connectivity index (χ2n) is 5.38. The van der Waals surface area contributed by atoms with E-state index in [-0.39, 0.29) is 11.9 Å². The van der Waals surface area contributed by atoms with Gasteiger partial charge in [0.1, 0.15) is 5.82 Å². The van der Waals surface area contributed by atoms with E-state index in [4.69, 9.17) is 5.73 Å². The number of benzene rings is 2. The highest BCUT2D eigenvalue weighted by atomic mass is 19.1. The molecule has 1 heterocycles. The highest BCUT2D eigenvalue weighted by molar-refractivity contribution is 5.71. The minimum absolute atomic E-state index is 0.167. The van der Waals surface area contributed by atoms with Crippen molar-refractivity contribution in [3.8, 4) is 0 Å². The van der Waals surface area contributed by atoms with E-state index in [2.05, 4.69) is 24.0 Å². The van der Waals surface area contributed by atoms with Crippen molar-refractivity contribution in [2.75, 3.05) is 11.4 Å². The lowest BCUT2D eigenvalue weighted by atomic mass is 10.1. The first-order valence-corrected chi connectivity index (χ1v) is 7.06. The van der Waals surface area contributed by atoms with Gasteiger partial charge < -0.3 is 10.6 Å². The largest absolute Gasteiger partial charge is 0.336 e. The standard InChI is InChI=1S/C17H19FN2/c1-12-10-14-4-2-3-5-16(14)20(12)17-7-6-13(8-9-19)11-15(17)18/h2-7,11-12H,8-10,19H2,1H3. The van der Waals surface area contributed by atoms with Crippen LogP contribution in [0, 0.1) is 5.82 Å². The smallest absolute Gasteiger partial charge is 0.147 e. The van der Waals surface area contributed by atoms with Crippen molar-refractivity contribution in [3.63, 3.8) is 0 Å². The second kappa shape index (κ2) is 5.25. The lowest BCUT2D eigenvalue weighted by Crippen LogP contribution is -2.24. The Morgan fingerprint density at radius 1 is 1.20 bits per heavy atom. The second-order valence-corrected chi connectivity index (χ2v) is 5.38. The van der Waals surface area contributed by atoms with Crippen LogP contribution in [0.3, 0.4) is 0 Å². The van der Waals surface area contributed by atoms with Gasteiger partial charge >= 0.3 is 0 Å². The molecule has 20 heavy (non-hydrogen) atoms. The summed E-state index contributed by atoms with van der Waals surface area (Å²) in [6, 6.07) is 14.0. The van der Waals surface area contributed by atoms with Crippen molar-refractivity contribution in [1.29, 1.82) is 0 Å². The van der Waals surface area contributed by atoms with E-state index in [1.807, 2.05) is 24.3 Å². The summed E-state index contributed by atoms with van der Waals surface area (Å²) in [5.74, 6) is -0.167. The molecular weight excluding hydrogens is 251 g/mol. The zero-order valence-electron chi connectivity index (χ0n) is 11.6. The quantitative estimate of drug-likeness (QED) is 0.926. The summed E-state index contributed by atoms with van der Waals surface area (Å²) in [5, 5.41) is 0. The molecule has 3 heteroatoms. The number of nitrogens with two attached hydrogens (primary N) is 1. The van der Waals surface area contributed by atoms with Gasteiger partial charge in [0.2, 0.25) is 0 Å². The molecule has 0 bridgehead atoms. The third-order valence-electron chi connectivity index (χ3n) is 3.91. The fourth-order valence-electron chi connectivity index (χ4n) is 3.00. The maximum atomic E-state index is 14.4. The molecule has 0 aliphatic carbocycles. The first kappa shape index (κ1) is 13.1. The predicted molar refractivity (Wildman–Crippen MR) is 80.9 cm³/mol. The number of hydrogen-bond acceptors (Lipinski definition) is 2. The van der Waals surface area contributed by atoms with Gasteiger partial charge in [0.05, 0.1) is 5.69 Å². The van der Waals surface area contributed by atoms with Crippen LogP contribution in [0.2, 0.25) is 0 Å². The molecule has 0 fully saturated rings. The number of para-hydroxylation sites is 1. The molecule has 1 atom stereocenters. The number of fused-ring (bicyclic) bond motifs is 1. The van der Waals surface area contributed by atoms with Gasteiger partial charge in [0.25, 0.3) is 0 Å². The van der Waals surface area contributed by atoms with Crippen LogP contribution in [0.25, 0.3) is 0 Å². The van der Waals surface area contributed by atoms with Gasteiger partial charge in [0, 0.05) is 11.7 Å². The van der Waals surface area contributed by atoms with Crippen LogP contribution in [-0.4, -0.2) is 12.6 Å². The van der Waals surface area contributed by atoms with E-state index in [0.29, 0.717) is 18.7 Å². The zero-order valence-corrected chi connectivity index (χ0v) is 11.6. The van der Waals surface area contributed by atoms with Crippen LogP contribution in [0.1, 0.15) is 18.1 Å². The average Bonchev–Trinajstić information content (AvgIpc) is 2.76. The minimum atomic E-state index is -0.167. The molecular formula is C17H19FN2. The van der Waals surface area contributed by atoms with Crippen LogP contribution in [0.4, 0.5) is 15.8 Å². The van der Waals surface area contributed by atoms with Gasteiger partial charge in [-0.1, -0.05) is 24.3 Å². The Bertz CT molecular complexity index is 624. The molecule has 0 amide bonds. The molecule has 104 valence electrons. The first-order chi connectivity index (χ1) is 9.70. The van der Waals surface area contributed by atoms with Gasteiger partial charge in [-0.15, -0.1) is 0 Å². The van der Waals surface area contributed by atoms with Gasteiger partial charge in [-0.05, 0) is 55.6 Å². The van der Waals surface area contributed by atoms with E-state index >= 15 is 0 Å². The Balaban J connectivity index is 2.01. The maximum absolute atomic E-state index is 14.4. The third-order valence-corrected chi connectivity index (χ3v) is 3.91. The Kier molecular flexibility index (Phi) is 3.45. The monoisotopic (exact) mass is 270 g/mol. The molecule has 2 aromatic rings. The number of nitrogens with zero attached hydrogens (tertiary/aromatic N) is 1. The average molecular weight is 270 g/mol. The summed E-state index contributed by atoms with van der Waals surface area (Å²) in [4.78, 5) is 2.09. The Labute approximate surface area is 119 Å². The molecule has 1 aliphatic rings. The Morgan fingerprint density at radius 3 is 2.75 bits per heavy atom. The van der Waals surface area contributed by atoms with Crippen LogP contribution in [0.15, 0.2) is 42.5 Å². The summed E-state index contributed by atoms with van der Waals surface area (Å²) in [5.41, 5.74) is 9.53. The normalized spacial score (nSPS) is 17.4. The molecule has 3 rings (SSSR count). The van der Waals surface area contributed by atoms with Crippen molar-refractivity contribution in [3.05, 3.63) is 59.4 Å². The van der Waals surface area contributed by atoms with Crippen LogP contribution in [0.5, 0.6) is 0 Å². The summed E-state index contributed by atoms with van der Waals surface area (Å²) in [6.07, 6.45) is 1.67. The first-order valence-electron chi connectivity index (χ1n) is 7.06. The van der Waals surface area contributed by atoms with E-state index in [1.54, 1.807) is 6.07 Å². The van der Waals surface area contributed by atoms with E-state index in [0.717, 1.165) is 17.7 Å². The van der Waals surface area contributed by atoms with Crippen molar-refractivity contribution >= 4 is 11.4 Å². The topological polar surface area (TPSA) is 29.3 Å². The number of halogens is 1. The van der Waals surface area contributed by atoms with Crippen molar-refractivity contribution in [2.24, 2.45) is 5.73 Å². The summed E-state index contributed by atoms with van der Waals surface area (Å²) in [7, 11) is 0. The maximum Gasteiger partial charge on any atom is 0.147 e. The highest BCUT2D eigenvalue weighted by Gasteiger charge is 2.28. The molecule has 1 unspecified atom stereocenters. The highest BCUT2D eigenvalue weighted by Crippen LogP contribution is 2.39. The molecule has 2 nitrogen and oxygen atoms in total. The van der Waals surface area contributed by atoms with Gasteiger partial charge in [-0.25, -0.2) is 4.39 Å². The summed E-state index contributed by atoms with van der Waals surface area (Å²) in [6.45, 7) is 2.68. The number of hydrogen-bond donors (Lipinski definition) is 1. The van der Waals surface area contributed by atoms with Gasteiger partial charge in [-0.2, -0.15) is 0 Å². The molecule has 2 aromatic carbocycles. The molecule has 0 saturated heterocycles. The third kappa shape index (κ3) is 2.18. The lowest BCUT2D eigenvalue weighted by Gasteiger charge is -2.25. The fourth-order valence-corrected chi connectivity index (χ4v) is 3.00. The van der Waals surface area contributed by atoms with Crippen molar-refractivity contribution < 1.29 is 4.39 Å². The Hall–Kier alpha value is -1.87. The molecule has 2 N–H and O–H groups in total. The van der Waals surface area contributed by atoms with Crippen molar-refractivity contribution in [2.45, 2.75) is 25.8 Å². The van der Waals surface area contributed by atoms with E-state index < -0.39 is 0 Å². The van der Waals surface area contributed by atoms with E-state index in [1.165, 1.54) is 5.56 Å². The molecule has 1 aliphatic heterocycles. The van der Waals surface area contributed by atoms with Gasteiger partial charge in [0.15, 0.2) is 0 Å². The fraction of sp³-hybridized carbons (Fsp3) is 0.294. The van der Waals surface area contributed by atoms with Crippen molar-refractivity contribution in [1.82, 2.24) is 0 Å². The molecule has 0 spiro atoms. The zero-order chi connectivity index (χ0) is 14.1. The molecule has 0 aromatic heterocycles. The summed E-state index contributed by atoms with van der Waals surface area (Å²) >= 11 is 0. The molecule has 0 saturated carbocycles. The minimum Gasteiger partial charge on any atom is -0.336 e. The number of anilines is 2. The number of rotatable bonds is 3. The SMILES string of the molecule is CC1Cc2ccccc2N1c1ccc(CCN)cc1F.